The van der Waals surface area contributed by atoms with Gasteiger partial charge in [-0.25, -0.2) is 5.84 Å². The van der Waals surface area contributed by atoms with Gasteiger partial charge in [0.25, 0.3) is 5.91 Å². The minimum atomic E-state index is -0.933. The Kier molecular flexibility index (Phi) is 33.0. The predicted molar refractivity (Wildman–Crippen MR) is 228 cm³/mol. The Labute approximate surface area is 352 Å². The van der Waals surface area contributed by atoms with Gasteiger partial charge in [0, 0.05) is 69.2 Å². The van der Waals surface area contributed by atoms with E-state index in [1.165, 1.54) is 18.0 Å². The van der Waals surface area contributed by atoms with Gasteiger partial charge in [0.1, 0.15) is 5.78 Å². The summed E-state index contributed by atoms with van der Waals surface area (Å²) in [4.78, 5) is 85.5. The number of nitrogens with two attached hydrogens (primary N) is 3. The topological polar surface area (TPSA) is 259 Å². The number of nitrogens with one attached hydrogen (secondary N) is 3. The van der Waals surface area contributed by atoms with Crippen molar-refractivity contribution in [3.8, 4) is 0 Å². The molecule has 9 N–H and O–H groups in total. The van der Waals surface area contributed by atoms with Crippen LogP contribution < -0.4 is 33.3 Å². The fourth-order valence-electron chi connectivity index (χ4n) is 6.11. The molecule has 0 rings (SSSR count). The van der Waals surface area contributed by atoms with Crippen molar-refractivity contribution in [1.29, 1.82) is 0 Å². The summed E-state index contributed by atoms with van der Waals surface area (Å²) < 4.78 is 11.1. The summed E-state index contributed by atoms with van der Waals surface area (Å²) in [5, 5.41) is 10.1. The Balaban J connectivity index is 4.51. The Morgan fingerprint density at radius 2 is 1.22 bits per heavy atom. The summed E-state index contributed by atoms with van der Waals surface area (Å²) >= 11 is 0. The molecule has 0 aliphatic rings. The second-order valence-electron chi connectivity index (χ2n) is 14.9. The first-order valence-electron chi connectivity index (χ1n) is 21.4. The van der Waals surface area contributed by atoms with Crippen LogP contribution in [-0.2, 0) is 43.0 Å². The van der Waals surface area contributed by atoms with E-state index in [4.69, 9.17) is 26.8 Å². The van der Waals surface area contributed by atoms with Crippen molar-refractivity contribution in [2.45, 2.75) is 148 Å². The normalized spacial score (nSPS) is 12.4. The molecule has 17 heteroatoms. The van der Waals surface area contributed by atoms with Crippen LogP contribution in [0.5, 0.6) is 0 Å². The quantitative estimate of drug-likeness (QED) is 0.0172. The first-order valence-corrected chi connectivity index (χ1v) is 21.4. The zero-order chi connectivity index (χ0) is 44.2. The van der Waals surface area contributed by atoms with Gasteiger partial charge in [-0.05, 0) is 64.9 Å². The lowest BCUT2D eigenvalue weighted by Gasteiger charge is -2.35. The van der Waals surface area contributed by atoms with E-state index in [1.54, 1.807) is 19.2 Å². The minimum Gasteiger partial charge on any atom is -0.401 e. The maximum atomic E-state index is 13.2. The van der Waals surface area contributed by atoms with Crippen molar-refractivity contribution < 1.29 is 43.0 Å². The van der Waals surface area contributed by atoms with Crippen molar-refractivity contribution in [2.24, 2.45) is 17.3 Å². The Hall–Kier alpha value is -4.35. The molecule has 6 amide bonds. The molecule has 1 unspecified atom stereocenters. The molecule has 0 aromatic heterocycles. The molecule has 1 atom stereocenters. The third kappa shape index (κ3) is 32.2. The highest BCUT2D eigenvalue weighted by atomic mass is 16.5. The number of ether oxygens (including phenoxy) is 2. The van der Waals surface area contributed by atoms with Crippen LogP contribution in [0, 0.1) is 0 Å². The number of imide groups is 1. The number of amides is 6. The number of unbranched alkanes of at least 4 members (excludes halogenated alkanes) is 8. The second kappa shape index (κ2) is 35.6. The SMILES string of the molecule is C/C=C\C(=O)N(C=O)CCNC(=O)CCCCCCCCCCC(=O)NC(CCC(C)=O)(CCC(N)=O)CCC(=O)NCCOCCOCCN(N)/C=C(\N)CCCC. The van der Waals surface area contributed by atoms with Gasteiger partial charge < -0.3 is 46.7 Å². The van der Waals surface area contributed by atoms with Gasteiger partial charge >= 0.3 is 0 Å². The van der Waals surface area contributed by atoms with Gasteiger partial charge in [0.05, 0.1) is 33.0 Å². The van der Waals surface area contributed by atoms with Crippen molar-refractivity contribution >= 4 is 41.7 Å². The van der Waals surface area contributed by atoms with Crippen LogP contribution in [0.2, 0.25) is 0 Å². The smallest absolute Gasteiger partial charge is 0.252 e. The van der Waals surface area contributed by atoms with Crippen molar-refractivity contribution in [3.05, 3.63) is 24.0 Å². The summed E-state index contributed by atoms with van der Waals surface area (Å²) in [7, 11) is 0. The van der Waals surface area contributed by atoms with E-state index >= 15 is 0 Å². The Morgan fingerprint density at radius 3 is 1.81 bits per heavy atom. The zero-order valence-corrected chi connectivity index (χ0v) is 36.2. The van der Waals surface area contributed by atoms with Crippen molar-refractivity contribution in [2.75, 3.05) is 52.6 Å². The molecule has 0 saturated carbocycles. The van der Waals surface area contributed by atoms with Gasteiger partial charge in [0.2, 0.25) is 30.0 Å². The molecular formula is C42H76N8O9. The average molecular weight is 837 g/mol. The number of ketones is 1. The Bertz CT molecular complexity index is 1280. The maximum absolute atomic E-state index is 13.2. The van der Waals surface area contributed by atoms with E-state index in [1.807, 2.05) is 0 Å². The highest BCUT2D eigenvalue weighted by Gasteiger charge is 2.33. The fourth-order valence-corrected chi connectivity index (χ4v) is 6.11. The van der Waals surface area contributed by atoms with Gasteiger partial charge in [-0.3, -0.25) is 33.7 Å². The summed E-state index contributed by atoms with van der Waals surface area (Å²) in [6.45, 7) is 7.78. The van der Waals surface area contributed by atoms with Crippen LogP contribution in [0.15, 0.2) is 24.0 Å². The van der Waals surface area contributed by atoms with E-state index in [0.29, 0.717) is 52.0 Å². The first kappa shape index (κ1) is 54.6. The zero-order valence-electron chi connectivity index (χ0n) is 36.2. The molecule has 0 bridgehead atoms. The second-order valence-corrected chi connectivity index (χ2v) is 14.9. The molecule has 0 aliphatic carbocycles. The lowest BCUT2D eigenvalue weighted by Crippen LogP contribution is -2.50. The number of primary amides is 1. The van der Waals surface area contributed by atoms with Crippen molar-refractivity contribution in [3.63, 3.8) is 0 Å². The number of hydrogen-bond donors (Lipinski definition) is 6. The number of rotatable bonds is 39. The highest BCUT2D eigenvalue weighted by Crippen LogP contribution is 2.27. The van der Waals surface area contributed by atoms with E-state index in [2.05, 4.69) is 22.9 Å². The van der Waals surface area contributed by atoms with Crippen LogP contribution in [-0.4, -0.2) is 110 Å². The highest BCUT2D eigenvalue weighted by molar-refractivity contribution is 5.94. The number of Topliss-reactive ketones (excluding diaryl/α,β-unsaturated/α-hetero) is 1. The third-order valence-corrected chi connectivity index (χ3v) is 9.58. The molecule has 0 aromatic carbocycles. The summed E-state index contributed by atoms with van der Waals surface area (Å²) in [5.41, 5.74) is 11.2. The molecule has 0 heterocycles. The molecule has 0 aromatic rings. The van der Waals surface area contributed by atoms with Crippen LogP contribution in [0.1, 0.15) is 143 Å². The summed E-state index contributed by atoms with van der Waals surface area (Å²) in [6.07, 6.45) is 16.8. The number of carbonyl (C=O) groups excluding carboxylic acids is 7. The van der Waals surface area contributed by atoms with Crippen LogP contribution in [0.3, 0.4) is 0 Å². The number of nitrogens with zero attached hydrogens (tertiary/aromatic N) is 2. The molecule has 0 radical (unpaired) electrons. The maximum Gasteiger partial charge on any atom is 0.252 e. The molecule has 17 nitrogen and oxygen atoms in total. The van der Waals surface area contributed by atoms with E-state index in [-0.39, 0.29) is 88.3 Å². The summed E-state index contributed by atoms with van der Waals surface area (Å²) in [6, 6.07) is 0. The van der Waals surface area contributed by atoms with Gasteiger partial charge in [-0.15, -0.1) is 0 Å². The standard InChI is InChI=1S/C42H76N8O9/c1-4-6-16-36(43)33-50(45)28-30-59-32-31-58-29-26-47-39(55)21-24-42(22-19-35(3)52,23-20-37(44)53)48-40(56)18-14-12-10-8-7-9-11-13-17-38(54)46-25-27-49(34-51)41(57)15-5-2/h5,15,33-34H,4,6-14,16-32,43,45H2,1-3H3,(H2,44,53)(H,46,54)(H,47,55)(H,48,56)/b15-5-,36-33-. The van der Waals surface area contributed by atoms with Gasteiger partial charge in [-0.1, -0.05) is 57.9 Å². The van der Waals surface area contributed by atoms with Crippen LogP contribution in [0.4, 0.5) is 0 Å². The lowest BCUT2D eigenvalue weighted by molar-refractivity contribution is -0.135. The molecule has 59 heavy (non-hydrogen) atoms. The van der Waals surface area contributed by atoms with E-state index in [0.717, 1.165) is 74.8 Å². The van der Waals surface area contributed by atoms with Gasteiger partial charge in [-0.2, -0.15) is 0 Å². The summed E-state index contributed by atoms with van der Waals surface area (Å²) in [5.74, 6) is 4.37. The minimum absolute atomic E-state index is 0.00680. The number of carbonyl (C=O) groups is 7. The first-order chi connectivity index (χ1) is 28.3. The van der Waals surface area contributed by atoms with Crippen LogP contribution >= 0.6 is 0 Å². The number of hydrazine groups is 1. The number of hydrogen-bond acceptors (Lipinski definition) is 12. The molecule has 0 spiro atoms. The molecule has 0 fully saturated rings. The fraction of sp³-hybridized carbons (Fsp3) is 0.738. The monoisotopic (exact) mass is 837 g/mol. The third-order valence-electron chi connectivity index (χ3n) is 9.58. The Morgan fingerprint density at radius 1 is 0.661 bits per heavy atom. The van der Waals surface area contributed by atoms with E-state index in [9.17, 15) is 33.6 Å². The lowest BCUT2D eigenvalue weighted by atomic mass is 9.82. The van der Waals surface area contributed by atoms with Gasteiger partial charge in [0.15, 0.2) is 0 Å². The van der Waals surface area contributed by atoms with Crippen molar-refractivity contribution in [1.82, 2.24) is 25.9 Å². The largest absolute Gasteiger partial charge is 0.401 e. The molecule has 338 valence electrons. The number of allylic oxidation sites excluding steroid dienone is 2. The predicted octanol–water partition coefficient (Wildman–Crippen LogP) is 3.15. The average Bonchev–Trinajstić information content (AvgIpc) is 3.19. The molecule has 0 saturated heterocycles. The van der Waals surface area contributed by atoms with E-state index < -0.39 is 17.4 Å². The molecule has 0 aliphatic heterocycles. The van der Waals surface area contributed by atoms with Crippen LogP contribution in [0.25, 0.3) is 0 Å². The molecular weight excluding hydrogens is 761 g/mol.